The van der Waals surface area contributed by atoms with Crippen molar-refractivity contribution in [3.8, 4) is 0 Å². The highest BCUT2D eigenvalue weighted by Crippen LogP contribution is 2.33. The molecule has 1 heterocycles. The van der Waals surface area contributed by atoms with Crippen LogP contribution in [0.2, 0.25) is 0 Å². The lowest BCUT2D eigenvalue weighted by Gasteiger charge is -2.38. The average Bonchev–Trinajstić information content (AvgIpc) is 2.29. The molecule has 2 nitrogen and oxygen atoms in total. The number of halogens is 1. The Morgan fingerprint density at radius 2 is 1.94 bits per heavy atom. The molecule has 17 heavy (non-hydrogen) atoms. The van der Waals surface area contributed by atoms with Crippen molar-refractivity contribution < 1.29 is 9.18 Å². The van der Waals surface area contributed by atoms with Gasteiger partial charge in [0, 0.05) is 13.1 Å². The summed E-state index contributed by atoms with van der Waals surface area (Å²) in [5.74, 6) is -0.428. The van der Waals surface area contributed by atoms with Gasteiger partial charge in [-0.1, -0.05) is 19.9 Å². The fourth-order valence-corrected chi connectivity index (χ4v) is 2.27. The van der Waals surface area contributed by atoms with Gasteiger partial charge < -0.3 is 4.90 Å². The Morgan fingerprint density at radius 3 is 2.53 bits per heavy atom. The Morgan fingerprint density at radius 1 is 1.29 bits per heavy atom. The van der Waals surface area contributed by atoms with Crippen molar-refractivity contribution in [2.24, 2.45) is 5.41 Å². The fourth-order valence-electron chi connectivity index (χ4n) is 2.27. The van der Waals surface area contributed by atoms with E-state index in [0.29, 0.717) is 11.7 Å². The molecule has 0 bridgehead atoms. The van der Waals surface area contributed by atoms with Crippen molar-refractivity contribution in [2.45, 2.75) is 26.7 Å². The minimum Gasteiger partial charge on any atom is -0.371 e. The molecule has 0 aliphatic carbocycles. The summed E-state index contributed by atoms with van der Waals surface area (Å²) >= 11 is 0. The summed E-state index contributed by atoms with van der Waals surface area (Å²) in [6.45, 7) is 6.27. The molecule has 0 saturated carbocycles. The Hall–Kier alpha value is -1.38. The van der Waals surface area contributed by atoms with Crippen LogP contribution in [0.5, 0.6) is 0 Å². The number of benzene rings is 1. The Labute approximate surface area is 101 Å². The van der Waals surface area contributed by atoms with Gasteiger partial charge in [-0.25, -0.2) is 4.39 Å². The van der Waals surface area contributed by atoms with Crippen LogP contribution in [-0.4, -0.2) is 19.4 Å². The maximum Gasteiger partial charge on any atom is 0.155 e. The van der Waals surface area contributed by atoms with Crippen LogP contribution >= 0.6 is 0 Å². The zero-order valence-corrected chi connectivity index (χ0v) is 10.4. The summed E-state index contributed by atoms with van der Waals surface area (Å²) in [6.07, 6.45) is 2.76. The van der Waals surface area contributed by atoms with Gasteiger partial charge in [-0.05, 0) is 30.4 Å². The molecule has 0 N–H and O–H groups in total. The molecule has 0 unspecified atom stereocenters. The molecule has 1 fully saturated rings. The van der Waals surface area contributed by atoms with E-state index in [2.05, 4.69) is 18.7 Å². The first-order valence-electron chi connectivity index (χ1n) is 6.02. The molecular formula is C14H18FNO. The summed E-state index contributed by atoms with van der Waals surface area (Å²) in [5, 5.41) is 0. The summed E-state index contributed by atoms with van der Waals surface area (Å²) < 4.78 is 13.5. The third-order valence-electron chi connectivity index (χ3n) is 3.61. The molecule has 1 aromatic rings. The van der Waals surface area contributed by atoms with E-state index in [-0.39, 0.29) is 5.56 Å². The predicted molar refractivity (Wildman–Crippen MR) is 67.0 cm³/mol. The molecule has 1 aliphatic heterocycles. The normalized spacial score (nSPS) is 19.1. The first-order valence-corrected chi connectivity index (χ1v) is 6.02. The van der Waals surface area contributed by atoms with Crippen molar-refractivity contribution >= 4 is 12.0 Å². The highest BCUT2D eigenvalue weighted by molar-refractivity contribution is 5.85. The zero-order chi connectivity index (χ0) is 12.5. The average molecular weight is 235 g/mol. The van der Waals surface area contributed by atoms with E-state index >= 15 is 0 Å². The second kappa shape index (κ2) is 4.47. The molecule has 1 saturated heterocycles. The number of piperidine rings is 1. The van der Waals surface area contributed by atoms with E-state index in [1.54, 1.807) is 6.07 Å². The first-order chi connectivity index (χ1) is 8.03. The molecule has 1 aromatic carbocycles. The van der Waals surface area contributed by atoms with Gasteiger partial charge in [-0.2, -0.15) is 0 Å². The minimum absolute atomic E-state index is 0.187. The topological polar surface area (TPSA) is 20.3 Å². The van der Waals surface area contributed by atoms with E-state index in [0.717, 1.165) is 31.6 Å². The third-order valence-corrected chi connectivity index (χ3v) is 3.61. The lowest BCUT2D eigenvalue weighted by atomic mass is 9.82. The SMILES string of the molecule is CC1(C)CCN(c2cccc(F)c2C=O)CC1. The number of carbonyl (C=O) groups is 1. The molecule has 0 radical (unpaired) electrons. The number of hydrogen-bond acceptors (Lipinski definition) is 2. The summed E-state index contributed by atoms with van der Waals surface area (Å²) in [6, 6.07) is 4.82. The van der Waals surface area contributed by atoms with E-state index in [4.69, 9.17) is 0 Å². The maximum atomic E-state index is 13.5. The minimum atomic E-state index is -0.428. The standard InChI is InChI=1S/C14H18FNO/c1-14(2)6-8-16(9-7-14)13-5-3-4-12(15)11(13)10-17/h3-5,10H,6-9H2,1-2H3. The van der Waals surface area contributed by atoms with Gasteiger partial charge >= 0.3 is 0 Å². The molecule has 0 amide bonds. The highest BCUT2D eigenvalue weighted by atomic mass is 19.1. The van der Waals surface area contributed by atoms with Crippen LogP contribution < -0.4 is 4.90 Å². The number of carbonyl (C=O) groups excluding carboxylic acids is 1. The summed E-state index contributed by atoms with van der Waals surface area (Å²) in [7, 11) is 0. The molecule has 92 valence electrons. The zero-order valence-electron chi connectivity index (χ0n) is 10.4. The van der Waals surface area contributed by atoms with Crippen LogP contribution in [0.15, 0.2) is 18.2 Å². The van der Waals surface area contributed by atoms with Crippen LogP contribution in [0.25, 0.3) is 0 Å². The summed E-state index contributed by atoms with van der Waals surface area (Å²) in [4.78, 5) is 13.1. The number of hydrogen-bond donors (Lipinski definition) is 0. The summed E-state index contributed by atoms with van der Waals surface area (Å²) in [5.41, 5.74) is 1.27. The third kappa shape index (κ3) is 2.48. The molecule has 1 aliphatic rings. The quantitative estimate of drug-likeness (QED) is 0.733. The van der Waals surface area contributed by atoms with Gasteiger partial charge in [0.15, 0.2) is 6.29 Å². The molecule has 2 rings (SSSR count). The van der Waals surface area contributed by atoms with Crippen LogP contribution in [0.4, 0.5) is 10.1 Å². The highest BCUT2D eigenvalue weighted by Gasteiger charge is 2.26. The van der Waals surface area contributed by atoms with Crippen molar-refractivity contribution in [1.82, 2.24) is 0 Å². The van der Waals surface area contributed by atoms with Gasteiger partial charge in [0.25, 0.3) is 0 Å². The van der Waals surface area contributed by atoms with Crippen LogP contribution in [-0.2, 0) is 0 Å². The Kier molecular flexibility index (Phi) is 3.18. The fraction of sp³-hybridized carbons (Fsp3) is 0.500. The second-order valence-corrected chi connectivity index (χ2v) is 5.44. The van der Waals surface area contributed by atoms with E-state index in [9.17, 15) is 9.18 Å². The molecule has 0 atom stereocenters. The second-order valence-electron chi connectivity index (χ2n) is 5.44. The van der Waals surface area contributed by atoms with Gasteiger partial charge in [0.1, 0.15) is 5.82 Å². The van der Waals surface area contributed by atoms with E-state index in [1.165, 1.54) is 6.07 Å². The van der Waals surface area contributed by atoms with Gasteiger partial charge in [-0.3, -0.25) is 4.79 Å². The number of rotatable bonds is 2. The maximum absolute atomic E-state index is 13.5. The van der Waals surface area contributed by atoms with Gasteiger partial charge in [-0.15, -0.1) is 0 Å². The van der Waals surface area contributed by atoms with Gasteiger partial charge in [0.05, 0.1) is 11.3 Å². The van der Waals surface area contributed by atoms with Crippen LogP contribution in [0.1, 0.15) is 37.0 Å². The predicted octanol–water partition coefficient (Wildman–Crippen LogP) is 3.26. The number of anilines is 1. The number of nitrogens with zero attached hydrogens (tertiary/aromatic N) is 1. The van der Waals surface area contributed by atoms with Crippen molar-refractivity contribution in [1.29, 1.82) is 0 Å². The Bertz CT molecular complexity index is 418. The molecule has 3 heteroatoms. The molecule has 0 spiro atoms. The van der Waals surface area contributed by atoms with Crippen molar-refractivity contribution in [3.63, 3.8) is 0 Å². The molecular weight excluding hydrogens is 217 g/mol. The lowest BCUT2D eigenvalue weighted by Crippen LogP contribution is -2.37. The van der Waals surface area contributed by atoms with Crippen molar-refractivity contribution in [2.75, 3.05) is 18.0 Å². The van der Waals surface area contributed by atoms with Crippen molar-refractivity contribution in [3.05, 3.63) is 29.6 Å². The molecule has 0 aromatic heterocycles. The lowest BCUT2D eigenvalue weighted by molar-refractivity contribution is 0.112. The first kappa shape index (κ1) is 12.1. The monoisotopic (exact) mass is 235 g/mol. The van der Waals surface area contributed by atoms with Crippen LogP contribution in [0.3, 0.4) is 0 Å². The number of aldehydes is 1. The largest absolute Gasteiger partial charge is 0.371 e. The van der Waals surface area contributed by atoms with E-state index in [1.807, 2.05) is 6.07 Å². The Balaban J connectivity index is 2.24. The van der Waals surface area contributed by atoms with E-state index < -0.39 is 5.82 Å². The van der Waals surface area contributed by atoms with Crippen LogP contribution in [0, 0.1) is 11.2 Å². The van der Waals surface area contributed by atoms with Gasteiger partial charge in [0.2, 0.25) is 0 Å². The smallest absolute Gasteiger partial charge is 0.155 e.